The Morgan fingerprint density at radius 1 is 0.742 bits per heavy atom. The molecule has 1 heterocycles. The number of rotatable bonds is 3. The van der Waals surface area contributed by atoms with Crippen LogP contribution in [0.25, 0.3) is 22.3 Å². The van der Waals surface area contributed by atoms with E-state index in [1.54, 1.807) is 4.90 Å². The van der Waals surface area contributed by atoms with Gasteiger partial charge in [-0.2, -0.15) is 0 Å². The van der Waals surface area contributed by atoms with Crippen molar-refractivity contribution in [1.82, 2.24) is 0 Å². The number of para-hydroxylation sites is 1. The van der Waals surface area contributed by atoms with Crippen LogP contribution in [0.2, 0.25) is 0 Å². The number of amides is 2. The van der Waals surface area contributed by atoms with Gasteiger partial charge in [0.2, 0.25) is 0 Å². The second kappa shape index (κ2) is 8.36. The number of fused-ring (bicyclic) bond motifs is 1. The van der Waals surface area contributed by atoms with E-state index in [1.807, 2.05) is 91.0 Å². The van der Waals surface area contributed by atoms with Crippen LogP contribution in [0, 0.1) is 0 Å². The zero-order valence-electron chi connectivity index (χ0n) is 17.0. The molecule has 5 rings (SSSR count). The van der Waals surface area contributed by atoms with Crippen LogP contribution < -0.4 is 15.0 Å². The van der Waals surface area contributed by atoms with E-state index in [0.717, 1.165) is 39.4 Å². The summed E-state index contributed by atoms with van der Waals surface area (Å²) < 4.78 is 5.89. The van der Waals surface area contributed by atoms with Crippen LogP contribution in [0.15, 0.2) is 103 Å². The first-order valence-electron chi connectivity index (χ1n) is 10.3. The molecule has 4 aromatic carbocycles. The molecule has 0 unspecified atom stereocenters. The molecule has 0 aromatic heterocycles. The van der Waals surface area contributed by atoms with Gasteiger partial charge in [0.25, 0.3) is 0 Å². The lowest BCUT2D eigenvalue weighted by atomic mass is 10.0. The van der Waals surface area contributed by atoms with Gasteiger partial charge in [0.1, 0.15) is 12.4 Å². The second-order valence-electron chi connectivity index (χ2n) is 7.39. The van der Waals surface area contributed by atoms with Gasteiger partial charge in [-0.1, -0.05) is 84.9 Å². The summed E-state index contributed by atoms with van der Waals surface area (Å²) in [4.78, 5) is 15.0. The predicted molar refractivity (Wildman–Crippen MR) is 126 cm³/mol. The van der Waals surface area contributed by atoms with Crippen LogP contribution in [-0.2, 0) is 0 Å². The van der Waals surface area contributed by atoms with Crippen molar-refractivity contribution in [3.63, 3.8) is 0 Å². The summed E-state index contributed by atoms with van der Waals surface area (Å²) in [6.07, 6.45) is 0. The van der Waals surface area contributed by atoms with E-state index in [4.69, 9.17) is 4.74 Å². The molecule has 1 aliphatic rings. The summed E-state index contributed by atoms with van der Waals surface area (Å²) in [5, 5.41) is 3.10. The molecule has 4 nitrogen and oxygen atoms in total. The van der Waals surface area contributed by atoms with Gasteiger partial charge >= 0.3 is 6.03 Å². The molecular weight excluding hydrogens is 384 g/mol. The first-order valence-corrected chi connectivity index (χ1v) is 10.3. The Morgan fingerprint density at radius 3 is 2.19 bits per heavy atom. The predicted octanol–water partition coefficient (Wildman–Crippen LogP) is 6.45. The van der Waals surface area contributed by atoms with Crippen LogP contribution >= 0.6 is 0 Å². The van der Waals surface area contributed by atoms with Gasteiger partial charge < -0.3 is 10.1 Å². The molecule has 2 amide bonds. The number of benzene rings is 4. The van der Waals surface area contributed by atoms with Crippen molar-refractivity contribution in [2.75, 3.05) is 23.4 Å². The first-order chi connectivity index (χ1) is 15.3. The molecule has 0 spiro atoms. The zero-order chi connectivity index (χ0) is 21.0. The van der Waals surface area contributed by atoms with Crippen molar-refractivity contribution < 1.29 is 9.53 Å². The highest BCUT2D eigenvalue weighted by Gasteiger charge is 2.24. The number of hydrogen-bond acceptors (Lipinski definition) is 2. The van der Waals surface area contributed by atoms with Gasteiger partial charge in [0.15, 0.2) is 0 Å². The van der Waals surface area contributed by atoms with Crippen molar-refractivity contribution in [3.05, 3.63) is 103 Å². The maximum absolute atomic E-state index is 13.2. The maximum atomic E-state index is 13.2. The second-order valence-corrected chi connectivity index (χ2v) is 7.39. The van der Waals surface area contributed by atoms with E-state index in [9.17, 15) is 4.79 Å². The third kappa shape index (κ3) is 3.88. The monoisotopic (exact) mass is 406 g/mol. The molecule has 4 aromatic rings. The Hall–Kier alpha value is -4.05. The van der Waals surface area contributed by atoms with Crippen LogP contribution in [0.1, 0.15) is 0 Å². The SMILES string of the molecule is O=C(Nc1ccccc1-c1ccccc1)N1CCOc2cc(-c3ccccc3)ccc21. The van der Waals surface area contributed by atoms with Gasteiger partial charge in [0.05, 0.1) is 17.9 Å². The number of carbonyl (C=O) groups excluding carboxylic acids is 1. The molecule has 31 heavy (non-hydrogen) atoms. The lowest BCUT2D eigenvalue weighted by Gasteiger charge is -2.30. The Balaban J connectivity index is 1.42. The van der Waals surface area contributed by atoms with Gasteiger partial charge in [-0.25, -0.2) is 4.79 Å². The molecule has 0 saturated carbocycles. The molecule has 1 aliphatic heterocycles. The highest BCUT2D eigenvalue weighted by atomic mass is 16.5. The first kappa shape index (κ1) is 18.9. The molecule has 4 heteroatoms. The van der Waals surface area contributed by atoms with Crippen LogP contribution in [0.4, 0.5) is 16.2 Å². The zero-order valence-corrected chi connectivity index (χ0v) is 17.0. The molecule has 0 atom stereocenters. The Kier molecular flexibility index (Phi) is 5.11. The highest BCUT2D eigenvalue weighted by molar-refractivity contribution is 6.05. The Labute approximate surface area is 181 Å². The van der Waals surface area contributed by atoms with E-state index >= 15 is 0 Å². The lowest BCUT2D eigenvalue weighted by Crippen LogP contribution is -2.40. The summed E-state index contributed by atoms with van der Waals surface area (Å²) >= 11 is 0. The van der Waals surface area contributed by atoms with Crippen molar-refractivity contribution >= 4 is 17.4 Å². The van der Waals surface area contributed by atoms with Crippen LogP contribution in [0.5, 0.6) is 5.75 Å². The number of hydrogen-bond donors (Lipinski definition) is 1. The van der Waals surface area contributed by atoms with Gasteiger partial charge in [0, 0.05) is 5.56 Å². The number of nitrogens with one attached hydrogen (secondary N) is 1. The normalized spacial score (nSPS) is 12.6. The standard InChI is InChI=1S/C27H22N2O2/c30-27(28-24-14-8-7-13-23(24)21-11-5-2-6-12-21)29-17-18-31-26-19-22(15-16-25(26)29)20-9-3-1-4-10-20/h1-16,19H,17-18H2,(H,28,30). The van der Waals surface area contributed by atoms with E-state index in [2.05, 4.69) is 17.4 Å². The molecule has 0 radical (unpaired) electrons. The van der Waals surface area contributed by atoms with Crippen molar-refractivity contribution in [3.8, 4) is 28.0 Å². The molecule has 1 N–H and O–H groups in total. The van der Waals surface area contributed by atoms with Gasteiger partial charge in [-0.05, 0) is 34.9 Å². The average molecular weight is 406 g/mol. The molecule has 0 aliphatic carbocycles. The third-order valence-electron chi connectivity index (χ3n) is 5.43. The van der Waals surface area contributed by atoms with E-state index in [1.165, 1.54) is 0 Å². The summed E-state index contributed by atoms with van der Waals surface area (Å²) in [6.45, 7) is 0.954. The Bertz CT molecular complexity index is 1210. The fraction of sp³-hybridized carbons (Fsp3) is 0.0741. The fourth-order valence-electron chi connectivity index (χ4n) is 3.89. The van der Waals surface area contributed by atoms with E-state index in [-0.39, 0.29) is 6.03 Å². The lowest BCUT2D eigenvalue weighted by molar-refractivity contribution is 0.250. The number of nitrogens with zero attached hydrogens (tertiary/aromatic N) is 1. The third-order valence-corrected chi connectivity index (χ3v) is 5.43. The summed E-state index contributed by atoms with van der Waals surface area (Å²) in [5.41, 5.74) is 5.80. The Morgan fingerprint density at radius 2 is 1.42 bits per heavy atom. The van der Waals surface area contributed by atoms with E-state index in [0.29, 0.717) is 13.2 Å². The number of anilines is 2. The molecular formula is C27H22N2O2. The van der Waals surface area contributed by atoms with Crippen molar-refractivity contribution in [2.24, 2.45) is 0 Å². The summed E-state index contributed by atoms with van der Waals surface area (Å²) in [7, 11) is 0. The molecule has 0 fully saturated rings. The maximum Gasteiger partial charge on any atom is 0.326 e. The smallest absolute Gasteiger partial charge is 0.326 e. The molecule has 0 bridgehead atoms. The summed E-state index contributed by atoms with van der Waals surface area (Å²) in [5.74, 6) is 0.721. The summed E-state index contributed by atoms with van der Waals surface area (Å²) in [6, 6.07) is 33.9. The number of carbonyl (C=O) groups is 1. The number of urea groups is 1. The van der Waals surface area contributed by atoms with Crippen molar-refractivity contribution in [2.45, 2.75) is 0 Å². The molecule has 0 saturated heterocycles. The average Bonchev–Trinajstić information content (AvgIpc) is 2.84. The minimum absolute atomic E-state index is 0.166. The van der Waals surface area contributed by atoms with Gasteiger partial charge in [-0.3, -0.25) is 4.90 Å². The van der Waals surface area contributed by atoms with Gasteiger partial charge in [-0.15, -0.1) is 0 Å². The van der Waals surface area contributed by atoms with Crippen LogP contribution in [-0.4, -0.2) is 19.2 Å². The topological polar surface area (TPSA) is 41.6 Å². The molecule has 152 valence electrons. The largest absolute Gasteiger partial charge is 0.490 e. The highest BCUT2D eigenvalue weighted by Crippen LogP contribution is 2.36. The quantitative estimate of drug-likeness (QED) is 0.425. The van der Waals surface area contributed by atoms with Crippen LogP contribution in [0.3, 0.4) is 0 Å². The van der Waals surface area contributed by atoms with E-state index < -0.39 is 0 Å². The fourth-order valence-corrected chi connectivity index (χ4v) is 3.89. The minimum atomic E-state index is -0.166. The number of ether oxygens (including phenoxy) is 1. The minimum Gasteiger partial charge on any atom is -0.490 e. The van der Waals surface area contributed by atoms with Crippen molar-refractivity contribution in [1.29, 1.82) is 0 Å².